The van der Waals surface area contributed by atoms with Crippen LogP contribution in [0, 0.1) is 0 Å². The number of anilines is 1. The van der Waals surface area contributed by atoms with Crippen molar-refractivity contribution >= 4 is 49.2 Å². The molecule has 0 bridgehead atoms. The summed E-state index contributed by atoms with van der Waals surface area (Å²) in [6.45, 7) is 0. The number of carboxylic acid groups (broad SMARTS) is 1. The molecule has 3 rings (SSSR count). The van der Waals surface area contributed by atoms with Gasteiger partial charge in [-0.15, -0.1) is 0 Å². The highest BCUT2D eigenvalue weighted by Gasteiger charge is 2.17. The maximum Gasteiger partial charge on any atom is 0.371 e. The van der Waals surface area contributed by atoms with E-state index in [-0.39, 0.29) is 22.1 Å². The lowest BCUT2D eigenvalue weighted by molar-refractivity contribution is 0.0663. The lowest BCUT2D eigenvalue weighted by atomic mass is 10.1. The summed E-state index contributed by atoms with van der Waals surface area (Å²) in [6.07, 6.45) is 0. The Hall–Kier alpha value is -2.29. The first-order valence-corrected chi connectivity index (χ1v) is 9.83. The maximum absolute atomic E-state index is 12.5. The first-order chi connectivity index (χ1) is 12.3. The van der Waals surface area contributed by atoms with Crippen LogP contribution in [0.4, 0.5) is 5.69 Å². The highest BCUT2D eigenvalue weighted by atomic mass is 79.9. The topological polar surface area (TPSA) is 96.6 Å². The van der Waals surface area contributed by atoms with Crippen molar-refractivity contribution in [2.24, 2.45) is 0 Å². The Morgan fingerprint density at radius 1 is 1.08 bits per heavy atom. The van der Waals surface area contributed by atoms with Gasteiger partial charge in [-0.3, -0.25) is 4.72 Å². The summed E-state index contributed by atoms with van der Waals surface area (Å²) in [6, 6.07) is 13.4. The first-order valence-electron chi connectivity index (χ1n) is 7.18. The van der Waals surface area contributed by atoms with Gasteiger partial charge in [0, 0.05) is 15.7 Å². The van der Waals surface area contributed by atoms with Crippen LogP contribution in [0.25, 0.3) is 11.3 Å². The average molecular weight is 457 g/mol. The molecule has 1 aromatic heterocycles. The van der Waals surface area contributed by atoms with E-state index in [0.717, 1.165) is 4.47 Å². The standard InChI is InChI=1S/C17H11BrClNO5S/c18-10-1-4-12(5-2-10)26(23,24)20-11-3-6-14(19)13(9-11)15-7-8-16(25-15)17(21)22/h1-9,20H,(H,21,22). The molecule has 0 aliphatic rings. The Morgan fingerprint density at radius 3 is 2.38 bits per heavy atom. The summed E-state index contributed by atoms with van der Waals surface area (Å²) in [7, 11) is -3.79. The number of furan rings is 1. The van der Waals surface area contributed by atoms with E-state index < -0.39 is 16.0 Å². The number of hydrogen-bond donors (Lipinski definition) is 2. The molecule has 0 radical (unpaired) electrons. The van der Waals surface area contributed by atoms with Crippen LogP contribution >= 0.6 is 27.5 Å². The summed E-state index contributed by atoms with van der Waals surface area (Å²) in [5.41, 5.74) is 0.635. The molecule has 26 heavy (non-hydrogen) atoms. The molecule has 0 saturated carbocycles. The summed E-state index contributed by atoms with van der Waals surface area (Å²) >= 11 is 9.39. The summed E-state index contributed by atoms with van der Waals surface area (Å²) in [5.74, 6) is -1.23. The molecular formula is C17H11BrClNO5S. The minimum atomic E-state index is -3.79. The quantitative estimate of drug-likeness (QED) is 0.571. The van der Waals surface area contributed by atoms with E-state index in [9.17, 15) is 13.2 Å². The van der Waals surface area contributed by atoms with E-state index >= 15 is 0 Å². The van der Waals surface area contributed by atoms with Crippen LogP contribution < -0.4 is 4.72 Å². The third-order valence-electron chi connectivity index (χ3n) is 3.42. The van der Waals surface area contributed by atoms with Crippen LogP contribution in [0.3, 0.4) is 0 Å². The zero-order valence-corrected chi connectivity index (χ0v) is 16.1. The van der Waals surface area contributed by atoms with Gasteiger partial charge in [-0.05, 0) is 54.6 Å². The second kappa shape index (κ2) is 7.14. The minimum Gasteiger partial charge on any atom is -0.475 e. The average Bonchev–Trinajstić information content (AvgIpc) is 3.07. The number of rotatable bonds is 5. The third-order valence-corrected chi connectivity index (χ3v) is 5.68. The molecule has 2 N–H and O–H groups in total. The van der Waals surface area contributed by atoms with E-state index in [4.69, 9.17) is 21.1 Å². The molecule has 2 aromatic carbocycles. The Labute approximate surface area is 162 Å². The Balaban J connectivity index is 1.94. The summed E-state index contributed by atoms with van der Waals surface area (Å²) in [4.78, 5) is 11.0. The summed E-state index contributed by atoms with van der Waals surface area (Å²) < 4.78 is 33.4. The van der Waals surface area contributed by atoms with E-state index in [2.05, 4.69) is 20.7 Å². The van der Waals surface area contributed by atoms with Crippen molar-refractivity contribution in [3.05, 3.63) is 69.9 Å². The van der Waals surface area contributed by atoms with Gasteiger partial charge in [0.25, 0.3) is 10.0 Å². The number of benzene rings is 2. The first kappa shape index (κ1) is 18.5. The second-order valence-electron chi connectivity index (χ2n) is 5.22. The fourth-order valence-electron chi connectivity index (χ4n) is 2.20. The lowest BCUT2D eigenvalue weighted by Gasteiger charge is -2.10. The zero-order valence-electron chi connectivity index (χ0n) is 12.9. The number of nitrogens with one attached hydrogen (secondary N) is 1. The van der Waals surface area contributed by atoms with Gasteiger partial charge in [-0.2, -0.15) is 0 Å². The molecule has 0 unspecified atom stereocenters. The third kappa shape index (κ3) is 3.92. The largest absolute Gasteiger partial charge is 0.475 e. The smallest absolute Gasteiger partial charge is 0.371 e. The Kier molecular flexibility index (Phi) is 5.08. The highest BCUT2D eigenvalue weighted by Crippen LogP contribution is 2.32. The predicted molar refractivity (Wildman–Crippen MR) is 101 cm³/mol. The van der Waals surface area contributed by atoms with Crippen LogP contribution in [0.5, 0.6) is 0 Å². The minimum absolute atomic E-state index is 0.100. The molecule has 0 aliphatic heterocycles. The van der Waals surface area contributed by atoms with Crippen molar-refractivity contribution in [2.75, 3.05) is 4.72 Å². The normalized spacial score (nSPS) is 11.3. The van der Waals surface area contributed by atoms with E-state index in [1.807, 2.05) is 0 Å². The van der Waals surface area contributed by atoms with Crippen molar-refractivity contribution in [1.82, 2.24) is 0 Å². The number of sulfonamides is 1. The van der Waals surface area contributed by atoms with Gasteiger partial charge in [-0.1, -0.05) is 27.5 Å². The monoisotopic (exact) mass is 455 g/mol. The second-order valence-corrected chi connectivity index (χ2v) is 8.23. The molecule has 9 heteroatoms. The summed E-state index contributed by atoms with van der Waals surface area (Å²) in [5, 5.41) is 9.24. The number of hydrogen-bond acceptors (Lipinski definition) is 4. The molecule has 0 aliphatic carbocycles. The van der Waals surface area contributed by atoms with Gasteiger partial charge >= 0.3 is 5.97 Å². The van der Waals surface area contributed by atoms with Crippen LogP contribution in [0.15, 0.2) is 68.4 Å². The fourth-order valence-corrected chi connectivity index (χ4v) is 3.73. The molecule has 0 saturated heterocycles. The van der Waals surface area contributed by atoms with Crippen LogP contribution in [0.2, 0.25) is 5.02 Å². The van der Waals surface area contributed by atoms with Gasteiger partial charge in [0.1, 0.15) is 5.76 Å². The molecular weight excluding hydrogens is 446 g/mol. The SMILES string of the molecule is O=C(O)c1ccc(-c2cc(NS(=O)(=O)c3ccc(Br)cc3)ccc2Cl)o1. The molecule has 3 aromatic rings. The number of carbonyl (C=O) groups is 1. The Bertz CT molecular complexity index is 1080. The number of carboxylic acids is 1. The van der Waals surface area contributed by atoms with Crippen molar-refractivity contribution in [1.29, 1.82) is 0 Å². The molecule has 134 valence electrons. The molecule has 0 amide bonds. The Morgan fingerprint density at radius 2 is 1.77 bits per heavy atom. The van der Waals surface area contributed by atoms with Gasteiger partial charge in [-0.25, -0.2) is 13.2 Å². The van der Waals surface area contributed by atoms with Crippen molar-refractivity contribution in [2.45, 2.75) is 4.90 Å². The predicted octanol–water partition coefficient (Wildman–Crippen LogP) is 4.86. The molecule has 0 spiro atoms. The highest BCUT2D eigenvalue weighted by molar-refractivity contribution is 9.10. The van der Waals surface area contributed by atoms with Crippen molar-refractivity contribution in [3.63, 3.8) is 0 Å². The maximum atomic E-state index is 12.5. The molecule has 6 nitrogen and oxygen atoms in total. The van der Waals surface area contributed by atoms with Gasteiger partial charge in [0.2, 0.25) is 5.76 Å². The van der Waals surface area contributed by atoms with E-state index in [0.29, 0.717) is 10.6 Å². The van der Waals surface area contributed by atoms with Crippen LogP contribution in [0.1, 0.15) is 10.6 Å². The number of halogens is 2. The van der Waals surface area contributed by atoms with E-state index in [1.165, 1.54) is 42.5 Å². The molecule has 0 atom stereocenters. The zero-order chi connectivity index (χ0) is 18.9. The number of aromatic carboxylic acids is 1. The molecule has 1 heterocycles. The van der Waals surface area contributed by atoms with Gasteiger partial charge < -0.3 is 9.52 Å². The van der Waals surface area contributed by atoms with Crippen LogP contribution in [-0.4, -0.2) is 19.5 Å². The van der Waals surface area contributed by atoms with Crippen molar-refractivity contribution < 1.29 is 22.7 Å². The van der Waals surface area contributed by atoms with Crippen LogP contribution in [-0.2, 0) is 10.0 Å². The van der Waals surface area contributed by atoms with E-state index in [1.54, 1.807) is 12.1 Å². The van der Waals surface area contributed by atoms with Crippen molar-refractivity contribution in [3.8, 4) is 11.3 Å². The van der Waals surface area contributed by atoms with Gasteiger partial charge in [0.15, 0.2) is 0 Å². The fraction of sp³-hybridized carbons (Fsp3) is 0. The van der Waals surface area contributed by atoms with Gasteiger partial charge in [0.05, 0.1) is 9.92 Å². The molecule has 0 fully saturated rings. The lowest BCUT2D eigenvalue weighted by Crippen LogP contribution is -2.12.